The fraction of sp³-hybridized carbons (Fsp3) is 0.938. The van der Waals surface area contributed by atoms with Gasteiger partial charge < -0.3 is 5.32 Å². The largest absolute Gasteiger partial charge is 0.305 e. The van der Waals surface area contributed by atoms with E-state index in [0.717, 1.165) is 23.7 Å². The zero-order valence-corrected chi connectivity index (χ0v) is 12.0. The third kappa shape index (κ3) is 2.36. The van der Waals surface area contributed by atoms with Crippen molar-refractivity contribution in [1.82, 2.24) is 5.32 Å². The standard InChI is InChI=1S/C16H27NO/c1-16(2,3)17-9-14(18)15-12-5-10-4-11(7-12)8-13(15)6-10/h10-13,15,17H,4-9H2,1-3H3. The van der Waals surface area contributed by atoms with Gasteiger partial charge in [-0.25, -0.2) is 0 Å². The number of Topliss-reactive ketones (excluding diaryl/α,β-unsaturated/α-hetero) is 1. The normalized spacial score (nSPS) is 42.3. The fourth-order valence-corrected chi connectivity index (χ4v) is 4.92. The molecule has 0 aromatic carbocycles. The monoisotopic (exact) mass is 249 g/mol. The highest BCUT2D eigenvalue weighted by molar-refractivity contribution is 5.84. The van der Waals surface area contributed by atoms with Gasteiger partial charge in [-0.15, -0.1) is 0 Å². The molecule has 4 rings (SSSR count). The molecule has 102 valence electrons. The zero-order valence-electron chi connectivity index (χ0n) is 12.0. The molecule has 1 N–H and O–H groups in total. The Labute approximate surface area is 111 Å². The first kappa shape index (κ1) is 12.7. The van der Waals surface area contributed by atoms with Crippen LogP contribution in [0.2, 0.25) is 0 Å². The topological polar surface area (TPSA) is 29.1 Å². The van der Waals surface area contributed by atoms with Gasteiger partial charge >= 0.3 is 0 Å². The molecule has 0 aliphatic heterocycles. The molecule has 4 fully saturated rings. The molecule has 4 saturated carbocycles. The average molecular weight is 249 g/mol. The lowest BCUT2D eigenvalue weighted by Gasteiger charge is -2.54. The molecular weight excluding hydrogens is 222 g/mol. The quantitative estimate of drug-likeness (QED) is 0.833. The Hall–Kier alpha value is -0.370. The first-order valence-corrected chi connectivity index (χ1v) is 7.70. The summed E-state index contributed by atoms with van der Waals surface area (Å²) in [7, 11) is 0. The number of nitrogens with one attached hydrogen (secondary N) is 1. The Bertz CT molecular complexity index is 313. The average Bonchev–Trinajstić information content (AvgIpc) is 2.23. The second-order valence-electron chi connectivity index (χ2n) is 8.03. The van der Waals surface area contributed by atoms with Gasteiger partial charge in [-0.1, -0.05) is 0 Å². The van der Waals surface area contributed by atoms with Crippen LogP contribution in [0.3, 0.4) is 0 Å². The summed E-state index contributed by atoms with van der Waals surface area (Å²) in [4.78, 5) is 12.5. The van der Waals surface area contributed by atoms with Crippen LogP contribution in [0.5, 0.6) is 0 Å². The van der Waals surface area contributed by atoms with Crippen molar-refractivity contribution in [1.29, 1.82) is 0 Å². The number of rotatable bonds is 3. The van der Waals surface area contributed by atoms with E-state index < -0.39 is 0 Å². The molecule has 0 spiro atoms. The van der Waals surface area contributed by atoms with Gasteiger partial charge in [0.25, 0.3) is 0 Å². The molecule has 4 aliphatic carbocycles. The van der Waals surface area contributed by atoms with Gasteiger partial charge in [0.1, 0.15) is 5.78 Å². The van der Waals surface area contributed by atoms with Crippen LogP contribution in [-0.2, 0) is 4.79 Å². The smallest absolute Gasteiger partial charge is 0.150 e. The lowest BCUT2D eigenvalue weighted by Crippen LogP contribution is -2.51. The predicted octanol–water partition coefficient (Wildman–Crippen LogP) is 3.02. The molecule has 0 amide bonds. The Morgan fingerprint density at radius 2 is 1.50 bits per heavy atom. The van der Waals surface area contributed by atoms with E-state index in [1.54, 1.807) is 0 Å². The van der Waals surface area contributed by atoms with Crippen molar-refractivity contribution in [3.63, 3.8) is 0 Å². The van der Waals surface area contributed by atoms with E-state index in [2.05, 4.69) is 26.1 Å². The number of carbonyl (C=O) groups is 1. The summed E-state index contributed by atoms with van der Waals surface area (Å²) in [6.07, 6.45) is 6.85. The van der Waals surface area contributed by atoms with Crippen LogP contribution in [0.25, 0.3) is 0 Å². The molecule has 0 radical (unpaired) electrons. The summed E-state index contributed by atoms with van der Waals surface area (Å²) in [5.41, 5.74) is 0.0571. The Morgan fingerprint density at radius 1 is 1.00 bits per heavy atom. The van der Waals surface area contributed by atoms with Crippen LogP contribution >= 0.6 is 0 Å². The highest BCUT2D eigenvalue weighted by Crippen LogP contribution is 2.56. The van der Waals surface area contributed by atoms with E-state index in [4.69, 9.17) is 0 Å². The van der Waals surface area contributed by atoms with Crippen molar-refractivity contribution >= 4 is 5.78 Å². The fourth-order valence-electron chi connectivity index (χ4n) is 4.92. The molecule has 4 bridgehead atoms. The highest BCUT2D eigenvalue weighted by atomic mass is 16.1. The van der Waals surface area contributed by atoms with Crippen LogP contribution in [0, 0.1) is 29.6 Å². The van der Waals surface area contributed by atoms with Crippen molar-refractivity contribution in [3.05, 3.63) is 0 Å². The molecule has 0 aromatic heterocycles. The second-order valence-corrected chi connectivity index (χ2v) is 8.03. The van der Waals surface area contributed by atoms with E-state index in [1.165, 1.54) is 32.1 Å². The van der Waals surface area contributed by atoms with Crippen LogP contribution < -0.4 is 5.32 Å². The molecular formula is C16H27NO. The maximum Gasteiger partial charge on any atom is 0.150 e. The van der Waals surface area contributed by atoms with Crippen LogP contribution in [-0.4, -0.2) is 17.9 Å². The van der Waals surface area contributed by atoms with Gasteiger partial charge in [0.2, 0.25) is 0 Å². The van der Waals surface area contributed by atoms with Gasteiger partial charge in [0.05, 0.1) is 6.54 Å². The molecule has 2 heteroatoms. The van der Waals surface area contributed by atoms with Crippen molar-refractivity contribution in [2.24, 2.45) is 29.6 Å². The molecule has 4 aliphatic rings. The molecule has 0 atom stereocenters. The van der Waals surface area contributed by atoms with Gasteiger partial charge in [-0.05, 0) is 76.5 Å². The maximum absolute atomic E-state index is 12.5. The minimum Gasteiger partial charge on any atom is -0.305 e. The highest BCUT2D eigenvalue weighted by Gasteiger charge is 2.50. The van der Waals surface area contributed by atoms with Crippen LogP contribution in [0.15, 0.2) is 0 Å². The number of hydrogen-bond donors (Lipinski definition) is 1. The maximum atomic E-state index is 12.5. The molecule has 0 aromatic rings. The molecule has 18 heavy (non-hydrogen) atoms. The second kappa shape index (κ2) is 4.33. The van der Waals surface area contributed by atoms with E-state index >= 15 is 0 Å². The van der Waals surface area contributed by atoms with E-state index in [0.29, 0.717) is 18.2 Å². The summed E-state index contributed by atoms with van der Waals surface area (Å²) in [6, 6.07) is 0. The van der Waals surface area contributed by atoms with Crippen LogP contribution in [0.4, 0.5) is 0 Å². The number of hydrogen-bond acceptors (Lipinski definition) is 2. The van der Waals surface area contributed by atoms with Gasteiger partial charge in [0, 0.05) is 11.5 Å². The lowest BCUT2D eigenvalue weighted by molar-refractivity contribution is -0.135. The lowest BCUT2D eigenvalue weighted by atomic mass is 9.51. The summed E-state index contributed by atoms with van der Waals surface area (Å²) < 4.78 is 0. The first-order valence-electron chi connectivity index (χ1n) is 7.70. The summed E-state index contributed by atoms with van der Waals surface area (Å²) in [6.45, 7) is 6.99. The van der Waals surface area contributed by atoms with Crippen LogP contribution in [0.1, 0.15) is 52.9 Å². The van der Waals surface area contributed by atoms with Crippen molar-refractivity contribution in [2.45, 2.75) is 58.4 Å². The van der Waals surface area contributed by atoms with E-state index in [1.807, 2.05) is 0 Å². The number of carbonyl (C=O) groups excluding carboxylic acids is 1. The zero-order chi connectivity index (χ0) is 12.9. The van der Waals surface area contributed by atoms with Gasteiger partial charge in [-0.3, -0.25) is 4.79 Å². The summed E-state index contributed by atoms with van der Waals surface area (Å²) in [5, 5.41) is 3.38. The Kier molecular flexibility index (Phi) is 3.04. The van der Waals surface area contributed by atoms with E-state index in [-0.39, 0.29) is 5.54 Å². The van der Waals surface area contributed by atoms with Crippen molar-refractivity contribution < 1.29 is 4.79 Å². The minimum atomic E-state index is 0.0571. The summed E-state index contributed by atoms with van der Waals surface area (Å²) in [5.74, 6) is 4.29. The SMILES string of the molecule is CC(C)(C)NCC(=O)C1C2CC3CC(C2)CC1C3. The molecule has 0 heterocycles. The molecule has 2 nitrogen and oxygen atoms in total. The third-order valence-corrected chi connectivity index (χ3v) is 5.39. The third-order valence-electron chi connectivity index (χ3n) is 5.39. The van der Waals surface area contributed by atoms with Gasteiger partial charge in [-0.2, -0.15) is 0 Å². The minimum absolute atomic E-state index is 0.0571. The first-order chi connectivity index (χ1) is 8.42. The van der Waals surface area contributed by atoms with Crippen molar-refractivity contribution in [3.8, 4) is 0 Å². The van der Waals surface area contributed by atoms with E-state index in [9.17, 15) is 4.79 Å². The Balaban J connectivity index is 1.64. The molecule has 0 saturated heterocycles. The number of ketones is 1. The molecule has 0 unspecified atom stereocenters. The summed E-state index contributed by atoms with van der Waals surface area (Å²) >= 11 is 0. The van der Waals surface area contributed by atoms with Crippen molar-refractivity contribution in [2.75, 3.05) is 6.54 Å². The van der Waals surface area contributed by atoms with Gasteiger partial charge in [0.15, 0.2) is 0 Å². The predicted molar refractivity (Wildman–Crippen MR) is 73.3 cm³/mol. The Morgan fingerprint density at radius 3 is 1.94 bits per heavy atom.